The number of aliphatic hydroxyl groups excluding tert-OH is 1. The van der Waals surface area contributed by atoms with E-state index in [4.69, 9.17) is 5.11 Å². The molecule has 0 aliphatic heterocycles. The Hall–Kier alpha value is -1.71. The van der Waals surface area contributed by atoms with E-state index in [2.05, 4.69) is 0 Å². The van der Waals surface area contributed by atoms with E-state index in [0.717, 1.165) is 25.7 Å². The van der Waals surface area contributed by atoms with E-state index in [-0.39, 0.29) is 12.0 Å². The minimum atomic E-state index is 0.00365. The van der Waals surface area contributed by atoms with Gasteiger partial charge in [-0.15, -0.1) is 11.3 Å². The molecule has 3 aromatic rings. The van der Waals surface area contributed by atoms with Crippen LogP contribution in [0.5, 0.6) is 0 Å². The highest BCUT2D eigenvalue weighted by molar-refractivity contribution is 7.24. The van der Waals surface area contributed by atoms with Gasteiger partial charge in [0.2, 0.25) is 0 Å². The molecule has 0 fully saturated rings. The van der Waals surface area contributed by atoms with Crippen LogP contribution in [0.2, 0.25) is 0 Å². The zero-order valence-corrected chi connectivity index (χ0v) is 9.83. The highest BCUT2D eigenvalue weighted by Crippen LogP contribution is 2.25. The van der Waals surface area contributed by atoms with Gasteiger partial charge >= 0.3 is 0 Å². The van der Waals surface area contributed by atoms with Crippen molar-refractivity contribution in [3.63, 3.8) is 0 Å². The van der Waals surface area contributed by atoms with E-state index in [1.165, 1.54) is 0 Å². The van der Waals surface area contributed by atoms with Gasteiger partial charge in [-0.2, -0.15) is 0 Å². The van der Waals surface area contributed by atoms with Crippen molar-refractivity contribution in [2.45, 2.75) is 6.61 Å². The van der Waals surface area contributed by atoms with Gasteiger partial charge in [0.25, 0.3) is 0 Å². The molecule has 0 atom stereocenters. The zero-order valence-electron chi connectivity index (χ0n) is 9.01. The molecule has 1 aromatic heterocycles. The molecule has 0 aliphatic rings. The van der Waals surface area contributed by atoms with Crippen LogP contribution < -0.4 is 5.43 Å². The molecule has 0 amide bonds. The van der Waals surface area contributed by atoms with Crippen molar-refractivity contribution in [1.29, 1.82) is 0 Å². The number of hydrogen-bond acceptors (Lipinski definition) is 3. The maximum absolute atomic E-state index is 12.2. The van der Waals surface area contributed by atoms with Crippen LogP contribution >= 0.6 is 11.3 Å². The summed E-state index contributed by atoms with van der Waals surface area (Å²) in [6.45, 7) is 0.00365. The first-order chi connectivity index (χ1) is 8.29. The number of rotatable bonds is 1. The second kappa shape index (κ2) is 3.95. The topological polar surface area (TPSA) is 37.3 Å². The summed E-state index contributed by atoms with van der Waals surface area (Å²) >= 11 is 1.58. The maximum Gasteiger partial charge on any atom is 0.195 e. The van der Waals surface area contributed by atoms with E-state index >= 15 is 0 Å². The Kier molecular flexibility index (Phi) is 2.42. The molecule has 0 spiro atoms. The normalized spacial score (nSPS) is 11.1. The summed E-state index contributed by atoms with van der Waals surface area (Å²) in [7, 11) is 0. The smallest absolute Gasteiger partial charge is 0.195 e. The predicted octanol–water partition coefficient (Wildman–Crippen LogP) is 2.91. The summed E-state index contributed by atoms with van der Waals surface area (Å²) < 4.78 is 1.92. The lowest BCUT2D eigenvalue weighted by atomic mass is 10.1. The van der Waals surface area contributed by atoms with Crippen molar-refractivity contribution in [2.75, 3.05) is 0 Å². The Morgan fingerprint density at radius 1 is 1.00 bits per heavy atom. The van der Waals surface area contributed by atoms with Gasteiger partial charge in [0.15, 0.2) is 5.43 Å². The predicted molar refractivity (Wildman–Crippen MR) is 71.5 cm³/mol. The molecular formula is C14H10O2S. The van der Waals surface area contributed by atoms with Crippen LogP contribution in [0.15, 0.2) is 47.3 Å². The molecule has 0 unspecified atom stereocenters. The molecule has 84 valence electrons. The molecule has 3 rings (SSSR count). The molecule has 0 aliphatic carbocycles. The molecular weight excluding hydrogens is 232 g/mol. The fourth-order valence-electron chi connectivity index (χ4n) is 1.94. The van der Waals surface area contributed by atoms with Crippen molar-refractivity contribution in [1.82, 2.24) is 0 Å². The molecule has 0 saturated carbocycles. The van der Waals surface area contributed by atoms with Crippen LogP contribution in [0.25, 0.3) is 20.2 Å². The molecule has 3 heteroatoms. The van der Waals surface area contributed by atoms with Gasteiger partial charge in [-0.05, 0) is 29.8 Å². The minimum absolute atomic E-state index is 0.00365. The maximum atomic E-state index is 12.2. The van der Waals surface area contributed by atoms with E-state index in [1.54, 1.807) is 23.5 Å². The molecule has 0 bridgehead atoms. The lowest BCUT2D eigenvalue weighted by molar-refractivity contribution is 0.282. The van der Waals surface area contributed by atoms with Gasteiger partial charge in [-0.3, -0.25) is 4.79 Å². The van der Waals surface area contributed by atoms with Crippen molar-refractivity contribution in [2.24, 2.45) is 0 Å². The summed E-state index contributed by atoms with van der Waals surface area (Å²) in [5.41, 5.74) is 0.905. The Labute approximate surface area is 102 Å². The summed E-state index contributed by atoms with van der Waals surface area (Å²) in [6, 6.07) is 13.1. The molecule has 0 radical (unpaired) electrons. The average Bonchev–Trinajstić information content (AvgIpc) is 2.38. The standard InChI is InChI=1S/C14H10O2S/c15-8-9-5-6-11-13(7-9)17-12-4-2-1-3-10(12)14(11)16/h1-7,15H,8H2. The fourth-order valence-corrected chi connectivity index (χ4v) is 3.08. The second-order valence-corrected chi connectivity index (χ2v) is 5.00. The van der Waals surface area contributed by atoms with Gasteiger partial charge in [-0.25, -0.2) is 0 Å². The monoisotopic (exact) mass is 242 g/mol. The molecule has 1 N–H and O–H groups in total. The van der Waals surface area contributed by atoms with Gasteiger partial charge in [0.05, 0.1) is 6.61 Å². The Morgan fingerprint density at radius 3 is 2.59 bits per heavy atom. The number of aliphatic hydroxyl groups is 1. The van der Waals surface area contributed by atoms with E-state index in [1.807, 2.05) is 30.3 Å². The van der Waals surface area contributed by atoms with E-state index in [0.29, 0.717) is 0 Å². The van der Waals surface area contributed by atoms with Crippen LogP contribution in [0.3, 0.4) is 0 Å². The quantitative estimate of drug-likeness (QED) is 0.666. The first kappa shape index (κ1) is 10.4. The molecule has 2 nitrogen and oxygen atoms in total. The highest BCUT2D eigenvalue weighted by atomic mass is 32.1. The Bertz CT molecular complexity index is 759. The molecule has 2 aromatic carbocycles. The van der Waals surface area contributed by atoms with Gasteiger partial charge in [-0.1, -0.05) is 18.2 Å². The van der Waals surface area contributed by atoms with Crippen molar-refractivity contribution in [3.05, 3.63) is 58.3 Å². The number of fused-ring (bicyclic) bond motifs is 2. The molecule has 1 heterocycles. The van der Waals surface area contributed by atoms with E-state index in [9.17, 15) is 4.79 Å². The number of hydrogen-bond donors (Lipinski definition) is 1. The lowest BCUT2D eigenvalue weighted by Gasteiger charge is -2.02. The van der Waals surface area contributed by atoms with E-state index < -0.39 is 0 Å². The summed E-state index contributed by atoms with van der Waals surface area (Å²) in [5.74, 6) is 0. The van der Waals surface area contributed by atoms with Crippen LogP contribution in [-0.4, -0.2) is 5.11 Å². The third-order valence-electron chi connectivity index (χ3n) is 2.82. The first-order valence-electron chi connectivity index (χ1n) is 5.35. The fraction of sp³-hybridized carbons (Fsp3) is 0.0714. The second-order valence-electron chi connectivity index (χ2n) is 3.92. The Balaban J connectivity index is 2.50. The van der Waals surface area contributed by atoms with Crippen LogP contribution in [0.4, 0.5) is 0 Å². The minimum Gasteiger partial charge on any atom is -0.392 e. The van der Waals surface area contributed by atoms with Crippen LogP contribution in [0.1, 0.15) is 5.56 Å². The SMILES string of the molecule is O=c1c2ccccc2sc2cc(CO)ccc12. The zero-order chi connectivity index (χ0) is 11.8. The lowest BCUT2D eigenvalue weighted by Crippen LogP contribution is -2.00. The summed E-state index contributed by atoms with van der Waals surface area (Å²) in [5, 5.41) is 10.6. The highest BCUT2D eigenvalue weighted by Gasteiger charge is 2.05. The first-order valence-corrected chi connectivity index (χ1v) is 6.16. The van der Waals surface area contributed by atoms with Gasteiger partial charge < -0.3 is 5.11 Å². The van der Waals surface area contributed by atoms with Crippen molar-refractivity contribution < 1.29 is 5.11 Å². The molecule has 0 saturated heterocycles. The van der Waals surface area contributed by atoms with Crippen molar-refractivity contribution in [3.8, 4) is 0 Å². The number of benzene rings is 2. The van der Waals surface area contributed by atoms with Crippen molar-refractivity contribution >= 4 is 31.5 Å². The largest absolute Gasteiger partial charge is 0.392 e. The Morgan fingerprint density at radius 2 is 1.76 bits per heavy atom. The van der Waals surface area contributed by atoms with Gasteiger partial charge in [0, 0.05) is 20.2 Å². The molecule has 17 heavy (non-hydrogen) atoms. The average molecular weight is 242 g/mol. The summed E-state index contributed by atoms with van der Waals surface area (Å²) in [4.78, 5) is 12.2. The van der Waals surface area contributed by atoms with Crippen LogP contribution in [-0.2, 0) is 6.61 Å². The van der Waals surface area contributed by atoms with Gasteiger partial charge in [0.1, 0.15) is 0 Å². The third kappa shape index (κ3) is 1.64. The summed E-state index contributed by atoms with van der Waals surface area (Å²) in [6.07, 6.45) is 0. The third-order valence-corrected chi connectivity index (χ3v) is 3.96. The van der Waals surface area contributed by atoms with Crippen LogP contribution in [0, 0.1) is 0 Å².